The third-order valence-electron chi connectivity index (χ3n) is 4.68. The Balaban J connectivity index is 1.98. The molecular weight excluding hydrogens is 308 g/mol. The number of carbonyl (C=O) groups excluding carboxylic acids is 2. The Morgan fingerprint density at radius 2 is 1.92 bits per heavy atom. The van der Waals surface area contributed by atoms with Gasteiger partial charge in [0, 0.05) is 19.0 Å². The van der Waals surface area contributed by atoms with E-state index >= 15 is 0 Å². The molecule has 0 aliphatic carbocycles. The summed E-state index contributed by atoms with van der Waals surface area (Å²) in [5, 5.41) is 0. The molecule has 6 nitrogen and oxygen atoms in total. The number of carbonyl (C=O) groups is 2. The second kappa shape index (κ2) is 8.04. The molecule has 1 aliphatic rings. The minimum Gasteiger partial charge on any atom is -0.493 e. The van der Waals surface area contributed by atoms with E-state index in [0.29, 0.717) is 30.9 Å². The number of nitrogens with zero attached hydrogens (tertiary/aromatic N) is 1. The molecule has 2 N–H and O–H groups in total. The normalized spacial score (nSPS) is 20.5. The summed E-state index contributed by atoms with van der Waals surface area (Å²) in [6.45, 7) is 2.45. The van der Waals surface area contributed by atoms with Crippen molar-refractivity contribution < 1.29 is 19.1 Å². The van der Waals surface area contributed by atoms with Crippen molar-refractivity contribution in [3.05, 3.63) is 23.8 Å². The summed E-state index contributed by atoms with van der Waals surface area (Å²) < 4.78 is 10.5. The van der Waals surface area contributed by atoms with Crippen LogP contribution in [0.1, 0.15) is 31.7 Å². The first-order valence-corrected chi connectivity index (χ1v) is 8.26. The van der Waals surface area contributed by atoms with E-state index in [1.807, 2.05) is 25.1 Å². The molecule has 6 heteroatoms. The molecule has 1 saturated heterocycles. The Bertz CT molecular complexity index is 603. The number of hydrogen-bond donors (Lipinski definition) is 1. The predicted octanol–water partition coefficient (Wildman–Crippen LogP) is 1.75. The third-order valence-corrected chi connectivity index (χ3v) is 4.68. The van der Waals surface area contributed by atoms with Crippen molar-refractivity contribution in [2.75, 3.05) is 20.8 Å². The highest BCUT2D eigenvalue weighted by Crippen LogP contribution is 2.28. The third kappa shape index (κ3) is 4.19. The summed E-state index contributed by atoms with van der Waals surface area (Å²) >= 11 is 0. The van der Waals surface area contributed by atoms with Crippen LogP contribution in [0.4, 0.5) is 0 Å². The summed E-state index contributed by atoms with van der Waals surface area (Å²) in [7, 11) is 3.18. The summed E-state index contributed by atoms with van der Waals surface area (Å²) in [6, 6.07) is 5.81. The molecule has 1 heterocycles. The fraction of sp³-hybridized carbons (Fsp3) is 0.556. The van der Waals surface area contributed by atoms with Crippen molar-refractivity contribution >= 4 is 11.8 Å². The van der Waals surface area contributed by atoms with E-state index in [0.717, 1.165) is 18.4 Å². The van der Waals surface area contributed by atoms with Gasteiger partial charge in [-0.15, -0.1) is 0 Å². The van der Waals surface area contributed by atoms with Crippen LogP contribution in [0.2, 0.25) is 0 Å². The maximum atomic E-state index is 12.5. The molecule has 0 radical (unpaired) electrons. The summed E-state index contributed by atoms with van der Waals surface area (Å²) in [5.74, 6) is 0.832. The minimum atomic E-state index is -0.320. The summed E-state index contributed by atoms with van der Waals surface area (Å²) in [6.07, 6.45) is 2.58. The Hall–Kier alpha value is -2.24. The first kappa shape index (κ1) is 18.1. The molecular formula is C18H26N2O4. The van der Waals surface area contributed by atoms with Gasteiger partial charge in [0.05, 0.1) is 20.1 Å². The van der Waals surface area contributed by atoms with Crippen molar-refractivity contribution in [2.24, 2.45) is 11.7 Å². The number of primary amides is 1. The van der Waals surface area contributed by atoms with Gasteiger partial charge in [0.2, 0.25) is 11.8 Å². The number of hydrogen-bond acceptors (Lipinski definition) is 4. The van der Waals surface area contributed by atoms with Crippen molar-refractivity contribution in [1.82, 2.24) is 4.90 Å². The number of likely N-dealkylation sites (tertiary alicyclic amines) is 1. The molecule has 0 bridgehead atoms. The molecule has 0 spiro atoms. The highest BCUT2D eigenvalue weighted by atomic mass is 16.5. The maximum absolute atomic E-state index is 12.5. The summed E-state index contributed by atoms with van der Waals surface area (Å²) in [5.41, 5.74) is 6.41. The standard InChI is InChI=1S/C18H26N2O4/c1-12-4-7-14(18(19)22)11-20(12)17(21)9-6-13-5-8-15(23-2)16(10-13)24-3/h5,8,10,12,14H,4,6-7,9,11H2,1-3H3,(H2,19,22)/t12-,14-/m0/s1. The average molecular weight is 334 g/mol. The van der Waals surface area contributed by atoms with Crippen LogP contribution in [0, 0.1) is 5.92 Å². The zero-order valence-corrected chi connectivity index (χ0v) is 14.6. The van der Waals surface area contributed by atoms with E-state index in [-0.39, 0.29) is 23.8 Å². The van der Waals surface area contributed by atoms with Gasteiger partial charge in [0.25, 0.3) is 0 Å². The molecule has 2 amide bonds. The molecule has 1 fully saturated rings. The van der Waals surface area contributed by atoms with Crippen LogP contribution in [-0.2, 0) is 16.0 Å². The highest BCUT2D eigenvalue weighted by molar-refractivity contribution is 5.80. The number of rotatable bonds is 6. The lowest BCUT2D eigenvalue weighted by Crippen LogP contribution is -2.48. The molecule has 1 aromatic rings. The van der Waals surface area contributed by atoms with Crippen LogP contribution < -0.4 is 15.2 Å². The van der Waals surface area contributed by atoms with Crippen LogP contribution in [0.15, 0.2) is 18.2 Å². The second-order valence-electron chi connectivity index (χ2n) is 6.26. The van der Waals surface area contributed by atoms with Crippen LogP contribution in [-0.4, -0.2) is 43.5 Å². The topological polar surface area (TPSA) is 81.9 Å². The Morgan fingerprint density at radius 1 is 1.21 bits per heavy atom. The lowest BCUT2D eigenvalue weighted by atomic mass is 9.92. The Labute approximate surface area is 142 Å². The first-order chi connectivity index (χ1) is 11.5. The number of benzene rings is 1. The van der Waals surface area contributed by atoms with Crippen LogP contribution >= 0.6 is 0 Å². The van der Waals surface area contributed by atoms with E-state index < -0.39 is 0 Å². The van der Waals surface area contributed by atoms with E-state index in [1.165, 1.54) is 0 Å². The number of piperidine rings is 1. The maximum Gasteiger partial charge on any atom is 0.223 e. The fourth-order valence-electron chi connectivity index (χ4n) is 3.12. The number of amides is 2. The van der Waals surface area contributed by atoms with Crippen molar-refractivity contribution in [1.29, 1.82) is 0 Å². The number of nitrogens with two attached hydrogens (primary N) is 1. The second-order valence-corrected chi connectivity index (χ2v) is 6.26. The van der Waals surface area contributed by atoms with Crippen LogP contribution in [0.5, 0.6) is 11.5 Å². The quantitative estimate of drug-likeness (QED) is 0.859. The zero-order chi connectivity index (χ0) is 17.7. The largest absolute Gasteiger partial charge is 0.493 e. The molecule has 2 atom stereocenters. The van der Waals surface area contributed by atoms with Gasteiger partial charge in [-0.05, 0) is 43.9 Å². The lowest BCUT2D eigenvalue weighted by molar-refractivity contribution is -0.137. The molecule has 0 saturated carbocycles. The van der Waals surface area contributed by atoms with E-state index in [4.69, 9.17) is 15.2 Å². The van der Waals surface area contributed by atoms with Gasteiger partial charge < -0.3 is 20.1 Å². The van der Waals surface area contributed by atoms with E-state index in [9.17, 15) is 9.59 Å². The van der Waals surface area contributed by atoms with Gasteiger partial charge in [0.1, 0.15) is 0 Å². The predicted molar refractivity (Wildman–Crippen MR) is 91.0 cm³/mol. The van der Waals surface area contributed by atoms with E-state index in [1.54, 1.807) is 19.1 Å². The zero-order valence-electron chi connectivity index (χ0n) is 14.6. The van der Waals surface area contributed by atoms with Crippen molar-refractivity contribution in [2.45, 2.75) is 38.6 Å². The van der Waals surface area contributed by atoms with Crippen LogP contribution in [0.25, 0.3) is 0 Å². The van der Waals surface area contributed by atoms with Gasteiger partial charge in [-0.2, -0.15) is 0 Å². The van der Waals surface area contributed by atoms with Gasteiger partial charge in [0.15, 0.2) is 11.5 Å². The van der Waals surface area contributed by atoms with Gasteiger partial charge in [-0.3, -0.25) is 9.59 Å². The number of ether oxygens (including phenoxy) is 2. The average Bonchev–Trinajstić information content (AvgIpc) is 2.59. The SMILES string of the molecule is COc1ccc(CCC(=O)N2C[C@@H](C(N)=O)CC[C@@H]2C)cc1OC. The van der Waals surface area contributed by atoms with Gasteiger partial charge >= 0.3 is 0 Å². The smallest absolute Gasteiger partial charge is 0.223 e. The lowest BCUT2D eigenvalue weighted by Gasteiger charge is -2.37. The highest BCUT2D eigenvalue weighted by Gasteiger charge is 2.31. The van der Waals surface area contributed by atoms with Gasteiger partial charge in [-0.1, -0.05) is 6.07 Å². The number of methoxy groups -OCH3 is 2. The fourth-order valence-corrected chi connectivity index (χ4v) is 3.12. The van der Waals surface area contributed by atoms with Crippen molar-refractivity contribution in [3.8, 4) is 11.5 Å². The molecule has 132 valence electrons. The summed E-state index contributed by atoms with van der Waals surface area (Å²) in [4.78, 5) is 25.7. The minimum absolute atomic E-state index is 0.0586. The van der Waals surface area contributed by atoms with E-state index in [2.05, 4.69) is 0 Å². The molecule has 0 aromatic heterocycles. The Kier molecular flexibility index (Phi) is 6.06. The Morgan fingerprint density at radius 3 is 2.54 bits per heavy atom. The molecule has 2 rings (SSSR count). The number of aryl methyl sites for hydroxylation is 1. The monoisotopic (exact) mass is 334 g/mol. The molecule has 24 heavy (non-hydrogen) atoms. The molecule has 0 unspecified atom stereocenters. The molecule has 1 aromatic carbocycles. The molecule has 1 aliphatic heterocycles. The van der Waals surface area contributed by atoms with Gasteiger partial charge in [-0.25, -0.2) is 0 Å². The van der Waals surface area contributed by atoms with Crippen LogP contribution in [0.3, 0.4) is 0 Å². The van der Waals surface area contributed by atoms with Crippen molar-refractivity contribution in [3.63, 3.8) is 0 Å². The first-order valence-electron chi connectivity index (χ1n) is 8.26.